The van der Waals surface area contributed by atoms with Crippen LogP contribution in [0.1, 0.15) is 11.9 Å². The van der Waals surface area contributed by atoms with Gasteiger partial charge in [-0.2, -0.15) is 0 Å². The van der Waals surface area contributed by atoms with E-state index in [9.17, 15) is 10.2 Å². The van der Waals surface area contributed by atoms with E-state index < -0.39 is 36.1 Å². The first kappa shape index (κ1) is 17.0. The lowest BCUT2D eigenvalue weighted by molar-refractivity contribution is -0.318. The topological polar surface area (TPSA) is 68.2 Å². The molecule has 4 rings (SSSR count). The Balaban J connectivity index is 1.46. The van der Waals surface area contributed by atoms with Crippen molar-refractivity contribution >= 4 is 11.8 Å². The summed E-state index contributed by atoms with van der Waals surface area (Å²) in [5.41, 5.74) is 0.308. The Labute approximate surface area is 150 Å². The van der Waals surface area contributed by atoms with Crippen LogP contribution in [-0.2, 0) is 14.2 Å². The zero-order valence-corrected chi connectivity index (χ0v) is 14.3. The van der Waals surface area contributed by atoms with Crippen LogP contribution in [-0.4, -0.2) is 46.7 Å². The van der Waals surface area contributed by atoms with E-state index in [0.717, 1.165) is 10.5 Å². The molecular weight excluding hydrogens is 340 g/mol. The molecule has 0 aromatic heterocycles. The van der Waals surface area contributed by atoms with Crippen LogP contribution in [0.15, 0.2) is 65.6 Å². The second-order valence-electron chi connectivity index (χ2n) is 6.13. The summed E-state index contributed by atoms with van der Waals surface area (Å²) in [5, 5.41) is 21.0. The standard InChI is InChI=1S/C19H20O5S/c20-15-16(21)19(25-13-9-5-2-6-10-13)23-14-11-22-18(24-17(14)15)12-7-3-1-4-8-12/h1-10,14-21H,11H2/t14?,15?,16?,17-,18?,19-/m0/s1. The Morgan fingerprint density at radius 2 is 1.52 bits per heavy atom. The van der Waals surface area contributed by atoms with E-state index in [-0.39, 0.29) is 0 Å². The Morgan fingerprint density at radius 1 is 0.840 bits per heavy atom. The van der Waals surface area contributed by atoms with Gasteiger partial charge in [-0.1, -0.05) is 60.3 Å². The Hall–Kier alpha value is -1.41. The average Bonchev–Trinajstić information content (AvgIpc) is 2.67. The number of benzene rings is 2. The summed E-state index contributed by atoms with van der Waals surface area (Å²) in [4.78, 5) is 0.969. The molecule has 2 aromatic carbocycles. The third-order valence-electron chi connectivity index (χ3n) is 4.40. The minimum absolute atomic E-state index is 0.305. The zero-order chi connectivity index (χ0) is 17.2. The first-order valence-corrected chi connectivity index (χ1v) is 9.15. The fourth-order valence-corrected chi connectivity index (χ4v) is 4.17. The van der Waals surface area contributed by atoms with Crippen molar-refractivity contribution in [2.75, 3.05) is 6.61 Å². The SMILES string of the molecule is OC1C(O)[C@H](Sc2ccccc2)OC2COC(c3ccccc3)O[C@@H]21. The van der Waals surface area contributed by atoms with Crippen LogP contribution < -0.4 is 0 Å². The fourth-order valence-electron chi connectivity index (χ4n) is 3.09. The molecule has 0 aliphatic carbocycles. The largest absolute Gasteiger partial charge is 0.387 e. The first-order chi connectivity index (χ1) is 12.2. The molecule has 4 unspecified atom stereocenters. The molecule has 0 radical (unpaired) electrons. The number of hydrogen-bond donors (Lipinski definition) is 2. The van der Waals surface area contributed by atoms with E-state index in [1.54, 1.807) is 0 Å². The molecule has 0 amide bonds. The van der Waals surface area contributed by atoms with Gasteiger partial charge in [0.05, 0.1) is 6.61 Å². The van der Waals surface area contributed by atoms with Gasteiger partial charge in [0.1, 0.15) is 29.9 Å². The van der Waals surface area contributed by atoms with Gasteiger partial charge in [0, 0.05) is 10.5 Å². The van der Waals surface area contributed by atoms with Gasteiger partial charge in [0.15, 0.2) is 6.29 Å². The average molecular weight is 360 g/mol. The molecule has 25 heavy (non-hydrogen) atoms. The van der Waals surface area contributed by atoms with Crippen molar-refractivity contribution in [2.24, 2.45) is 0 Å². The molecular formula is C19H20O5S. The van der Waals surface area contributed by atoms with Crippen LogP contribution >= 0.6 is 11.8 Å². The third-order valence-corrected chi connectivity index (χ3v) is 5.57. The predicted molar refractivity (Wildman–Crippen MR) is 93.0 cm³/mol. The Kier molecular flexibility index (Phi) is 5.08. The first-order valence-electron chi connectivity index (χ1n) is 8.28. The lowest BCUT2D eigenvalue weighted by Crippen LogP contribution is -2.60. The molecule has 2 fully saturated rings. The van der Waals surface area contributed by atoms with Gasteiger partial charge >= 0.3 is 0 Å². The number of rotatable bonds is 3. The van der Waals surface area contributed by atoms with Crippen molar-refractivity contribution in [1.29, 1.82) is 0 Å². The minimum Gasteiger partial charge on any atom is -0.387 e. The van der Waals surface area contributed by atoms with Crippen molar-refractivity contribution in [3.05, 3.63) is 66.2 Å². The number of aliphatic hydroxyl groups excluding tert-OH is 2. The molecule has 2 heterocycles. The van der Waals surface area contributed by atoms with E-state index in [1.165, 1.54) is 11.8 Å². The minimum atomic E-state index is -1.04. The van der Waals surface area contributed by atoms with Gasteiger partial charge in [-0.15, -0.1) is 0 Å². The molecule has 0 bridgehead atoms. The predicted octanol–water partition coefficient (Wildman–Crippen LogP) is 2.34. The summed E-state index contributed by atoms with van der Waals surface area (Å²) in [6, 6.07) is 19.2. The summed E-state index contributed by atoms with van der Waals surface area (Å²) >= 11 is 1.39. The summed E-state index contributed by atoms with van der Waals surface area (Å²) < 4.78 is 17.6. The smallest absolute Gasteiger partial charge is 0.184 e. The van der Waals surface area contributed by atoms with Crippen molar-refractivity contribution in [2.45, 2.75) is 41.0 Å². The second-order valence-corrected chi connectivity index (χ2v) is 7.30. The van der Waals surface area contributed by atoms with Crippen molar-refractivity contribution in [3.63, 3.8) is 0 Å². The van der Waals surface area contributed by atoms with Crippen LogP contribution in [0.3, 0.4) is 0 Å². The van der Waals surface area contributed by atoms with E-state index in [0.29, 0.717) is 6.61 Å². The zero-order valence-electron chi connectivity index (χ0n) is 13.5. The van der Waals surface area contributed by atoms with Crippen LogP contribution in [0, 0.1) is 0 Å². The van der Waals surface area contributed by atoms with Gasteiger partial charge in [-0.05, 0) is 12.1 Å². The molecule has 2 aromatic rings. The van der Waals surface area contributed by atoms with Crippen molar-refractivity contribution in [1.82, 2.24) is 0 Å². The van der Waals surface area contributed by atoms with E-state index in [4.69, 9.17) is 14.2 Å². The normalized spacial score (nSPS) is 35.1. The van der Waals surface area contributed by atoms with Gasteiger partial charge < -0.3 is 24.4 Å². The molecule has 2 N–H and O–H groups in total. The number of aliphatic hydroxyl groups is 2. The lowest BCUT2D eigenvalue weighted by atomic mass is 9.99. The molecule has 5 nitrogen and oxygen atoms in total. The van der Waals surface area contributed by atoms with E-state index in [2.05, 4.69) is 0 Å². The molecule has 2 aliphatic heterocycles. The van der Waals surface area contributed by atoms with Gasteiger partial charge in [0.25, 0.3) is 0 Å². The summed E-state index contributed by atoms with van der Waals surface area (Å²) in [7, 11) is 0. The number of hydrogen-bond acceptors (Lipinski definition) is 6. The molecule has 2 saturated heterocycles. The monoisotopic (exact) mass is 360 g/mol. The summed E-state index contributed by atoms with van der Waals surface area (Å²) in [5.74, 6) is 0. The highest BCUT2D eigenvalue weighted by Crippen LogP contribution is 2.38. The number of fused-ring (bicyclic) bond motifs is 1. The molecule has 2 aliphatic rings. The quantitative estimate of drug-likeness (QED) is 0.876. The Bertz CT molecular complexity index is 681. The molecule has 0 saturated carbocycles. The summed E-state index contributed by atoms with van der Waals surface area (Å²) in [6.45, 7) is 0.305. The van der Waals surface area contributed by atoms with Crippen molar-refractivity contribution < 1.29 is 24.4 Å². The van der Waals surface area contributed by atoms with Crippen molar-refractivity contribution in [3.8, 4) is 0 Å². The second kappa shape index (κ2) is 7.45. The molecule has 6 heteroatoms. The van der Waals surface area contributed by atoms with E-state index in [1.807, 2.05) is 60.7 Å². The fraction of sp³-hybridized carbons (Fsp3) is 0.368. The highest BCUT2D eigenvalue weighted by molar-refractivity contribution is 7.99. The third kappa shape index (κ3) is 3.60. The van der Waals surface area contributed by atoms with Gasteiger partial charge in [0.2, 0.25) is 0 Å². The maximum absolute atomic E-state index is 10.6. The highest BCUT2D eigenvalue weighted by atomic mass is 32.2. The highest BCUT2D eigenvalue weighted by Gasteiger charge is 2.49. The van der Waals surface area contributed by atoms with Gasteiger partial charge in [-0.3, -0.25) is 0 Å². The lowest BCUT2D eigenvalue weighted by Gasteiger charge is -2.46. The van der Waals surface area contributed by atoms with E-state index >= 15 is 0 Å². The van der Waals surface area contributed by atoms with Crippen LogP contribution in [0.4, 0.5) is 0 Å². The number of ether oxygens (including phenoxy) is 3. The Morgan fingerprint density at radius 3 is 2.24 bits per heavy atom. The van der Waals surface area contributed by atoms with Gasteiger partial charge in [-0.25, -0.2) is 0 Å². The molecule has 6 atom stereocenters. The maximum atomic E-state index is 10.6. The van der Waals surface area contributed by atoms with Crippen LogP contribution in [0.2, 0.25) is 0 Å². The molecule has 132 valence electrons. The molecule has 0 spiro atoms. The van der Waals surface area contributed by atoms with Crippen LogP contribution in [0.5, 0.6) is 0 Å². The number of thioether (sulfide) groups is 1. The summed E-state index contributed by atoms with van der Waals surface area (Å²) in [6.07, 6.45) is -3.68. The maximum Gasteiger partial charge on any atom is 0.184 e. The van der Waals surface area contributed by atoms with Crippen LogP contribution in [0.25, 0.3) is 0 Å².